The SMILES string of the molecule is O=C(/C=C/c1ccc(-c2cccc(Cl)c2)s1)N1CCC(C2OCCO2)CC1. The molecule has 4 nitrogen and oxygen atoms in total. The molecule has 2 aliphatic rings. The van der Waals surface area contributed by atoms with Gasteiger partial charge in [-0.15, -0.1) is 11.3 Å². The lowest BCUT2D eigenvalue weighted by Crippen LogP contribution is -2.40. The van der Waals surface area contributed by atoms with Crippen LogP contribution in [0.3, 0.4) is 0 Å². The maximum Gasteiger partial charge on any atom is 0.246 e. The Morgan fingerprint density at radius 1 is 1.15 bits per heavy atom. The van der Waals surface area contributed by atoms with E-state index >= 15 is 0 Å². The number of hydrogen-bond acceptors (Lipinski definition) is 4. The predicted octanol–water partition coefficient (Wildman–Crippen LogP) is 4.69. The number of nitrogens with zero attached hydrogens (tertiary/aromatic N) is 1. The van der Waals surface area contributed by atoms with Gasteiger partial charge in [0.2, 0.25) is 5.91 Å². The van der Waals surface area contributed by atoms with Crippen LogP contribution in [0.4, 0.5) is 0 Å². The van der Waals surface area contributed by atoms with Gasteiger partial charge in [-0.2, -0.15) is 0 Å². The third-order valence-corrected chi connectivity index (χ3v) is 6.34. The van der Waals surface area contributed by atoms with Gasteiger partial charge in [-0.3, -0.25) is 4.79 Å². The zero-order valence-corrected chi connectivity index (χ0v) is 16.5. The van der Waals surface area contributed by atoms with Crippen LogP contribution >= 0.6 is 22.9 Å². The molecule has 0 saturated carbocycles. The Labute approximate surface area is 168 Å². The highest BCUT2D eigenvalue weighted by molar-refractivity contribution is 7.16. The molecule has 6 heteroatoms. The largest absolute Gasteiger partial charge is 0.350 e. The lowest BCUT2D eigenvalue weighted by atomic mass is 9.96. The fourth-order valence-electron chi connectivity index (χ4n) is 3.54. The second-order valence-corrected chi connectivity index (χ2v) is 8.37. The Morgan fingerprint density at radius 2 is 1.93 bits per heavy atom. The van der Waals surface area contributed by atoms with Crippen molar-refractivity contribution in [1.29, 1.82) is 0 Å². The molecule has 0 spiro atoms. The number of amides is 1. The van der Waals surface area contributed by atoms with E-state index in [0.29, 0.717) is 19.1 Å². The number of likely N-dealkylation sites (tertiary alicyclic amines) is 1. The molecule has 0 aliphatic carbocycles. The van der Waals surface area contributed by atoms with Gasteiger partial charge in [0, 0.05) is 39.9 Å². The molecule has 0 unspecified atom stereocenters. The van der Waals surface area contributed by atoms with Gasteiger partial charge in [0.25, 0.3) is 0 Å². The number of benzene rings is 1. The van der Waals surface area contributed by atoms with Gasteiger partial charge < -0.3 is 14.4 Å². The van der Waals surface area contributed by atoms with Crippen LogP contribution in [-0.2, 0) is 14.3 Å². The van der Waals surface area contributed by atoms with Gasteiger partial charge in [-0.25, -0.2) is 0 Å². The molecule has 0 N–H and O–H groups in total. The number of piperidine rings is 1. The van der Waals surface area contributed by atoms with E-state index in [1.807, 2.05) is 41.3 Å². The van der Waals surface area contributed by atoms with Gasteiger partial charge in [-0.05, 0) is 48.7 Å². The molecule has 27 heavy (non-hydrogen) atoms. The van der Waals surface area contributed by atoms with E-state index < -0.39 is 0 Å². The second kappa shape index (κ2) is 8.57. The van der Waals surface area contributed by atoms with Gasteiger partial charge in [0.1, 0.15) is 0 Å². The molecule has 0 bridgehead atoms. The van der Waals surface area contributed by atoms with Crippen molar-refractivity contribution in [3.8, 4) is 10.4 Å². The number of thiophene rings is 1. The number of hydrogen-bond donors (Lipinski definition) is 0. The van der Waals surface area contributed by atoms with Gasteiger partial charge in [-0.1, -0.05) is 23.7 Å². The number of rotatable bonds is 4. The van der Waals surface area contributed by atoms with Crippen molar-refractivity contribution in [2.24, 2.45) is 5.92 Å². The lowest BCUT2D eigenvalue weighted by Gasteiger charge is -2.33. The summed E-state index contributed by atoms with van der Waals surface area (Å²) in [7, 11) is 0. The maximum absolute atomic E-state index is 12.5. The van der Waals surface area contributed by atoms with Crippen LogP contribution in [0.25, 0.3) is 16.5 Å². The molecule has 1 amide bonds. The summed E-state index contributed by atoms with van der Waals surface area (Å²) in [5, 5.41) is 0.727. The highest BCUT2D eigenvalue weighted by Crippen LogP contribution is 2.30. The molecular weight excluding hydrogens is 382 g/mol. The van der Waals surface area contributed by atoms with Crippen LogP contribution in [-0.4, -0.2) is 43.4 Å². The molecule has 2 aliphatic heterocycles. The van der Waals surface area contributed by atoms with Crippen molar-refractivity contribution >= 4 is 34.9 Å². The van der Waals surface area contributed by atoms with Gasteiger partial charge in [0.15, 0.2) is 6.29 Å². The number of carbonyl (C=O) groups excluding carboxylic acids is 1. The van der Waals surface area contributed by atoms with Crippen LogP contribution in [0.1, 0.15) is 17.7 Å². The standard InChI is InChI=1S/C21H22ClNO3S/c22-17-3-1-2-16(14-17)19-6-4-18(27-19)5-7-20(24)23-10-8-15(9-11-23)21-25-12-13-26-21/h1-7,14-15,21H,8-13H2/b7-5+. The Bertz CT molecular complexity index is 820. The average molecular weight is 404 g/mol. The van der Waals surface area contributed by atoms with Crippen LogP contribution in [0.15, 0.2) is 42.5 Å². The molecule has 0 atom stereocenters. The van der Waals surface area contributed by atoms with Crippen LogP contribution in [0.5, 0.6) is 0 Å². The van der Waals surface area contributed by atoms with Crippen molar-refractivity contribution in [1.82, 2.24) is 4.90 Å². The Balaban J connectivity index is 1.33. The van der Waals surface area contributed by atoms with E-state index in [1.165, 1.54) is 0 Å². The Hall–Kier alpha value is -1.66. The van der Waals surface area contributed by atoms with E-state index in [9.17, 15) is 4.79 Å². The lowest BCUT2D eigenvalue weighted by molar-refractivity contribution is -0.131. The first-order valence-corrected chi connectivity index (χ1v) is 10.4. The zero-order chi connectivity index (χ0) is 18.6. The highest BCUT2D eigenvalue weighted by atomic mass is 35.5. The van der Waals surface area contributed by atoms with E-state index in [1.54, 1.807) is 17.4 Å². The molecule has 1 aromatic carbocycles. The molecular formula is C21H22ClNO3S. The summed E-state index contributed by atoms with van der Waals surface area (Å²) in [6.45, 7) is 2.89. The van der Waals surface area contributed by atoms with Crippen LogP contribution in [0.2, 0.25) is 5.02 Å². The number of halogens is 1. The smallest absolute Gasteiger partial charge is 0.246 e. The van der Waals surface area contributed by atoms with Crippen molar-refractivity contribution in [2.75, 3.05) is 26.3 Å². The topological polar surface area (TPSA) is 38.8 Å². The van der Waals surface area contributed by atoms with Crippen molar-refractivity contribution in [2.45, 2.75) is 19.1 Å². The summed E-state index contributed by atoms with van der Waals surface area (Å²) in [5.74, 6) is 0.470. The van der Waals surface area contributed by atoms with E-state index in [-0.39, 0.29) is 12.2 Å². The summed E-state index contributed by atoms with van der Waals surface area (Å²) in [4.78, 5) is 16.6. The maximum atomic E-state index is 12.5. The third kappa shape index (κ3) is 4.61. The van der Waals surface area contributed by atoms with Crippen molar-refractivity contribution in [3.63, 3.8) is 0 Å². The molecule has 2 aromatic rings. The molecule has 2 saturated heterocycles. The Kier molecular flexibility index (Phi) is 5.93. The van der Waals surface area contributed by atoms with Crippen molar-refractivity contribution < 1.29 is 14.3 Å². The number of ether oxygens (including phenoxy) is 2. The third-order valence-electron chi connectivity index (χ3n) is 5.01. The van der Waals surface area contributed by atoms with E-state index in [2.05, 4.69) is 6.07 Å². The first-order valence-electron chi connectivity index (χ1n) is 9.25. The van der Waals surface area contributed by atoms with Crippen LogP contribution < -0.4 is 0 Å². The molecule has 142 valence electrons. The minimum atomic E-state index is -0.0752. The summed E-state index contributed by atoms with van der Waals surface area (Å²) in [6, 6.07) is 11.9. The number of carbonyl (C=O) groups is 1. The minimum Gasteiger partial charge on any atom is -0.350 e. The summed E-state index contributed by atoms with van der Waals surface area (Å²) in [5.41, 5.74) is 1.09. The quantitative estimate of drug-likeness (QED) is 0.695. The monoisotopic (exact) mass is 403 g/mol. The molecule has 2 fully saturated rings. The molecule has 4 rings (SSSR count). The fourth-order valence-corrected chi connectivity index (χ4v) is 4.64. The second-order valence-electron chi connectivity index (χ2n) is 6.82. The van der Waals surface area contributed by atoms with Gasteiger partial charge in [0.05, 0.1) is 13.2 Å². The highest BCUT2D eigenvalue weighted by Gasteiger charge is 2.31. The van der Waals surface area contributed by atoms with Gasteiger partial charge >= 0.3 is 0 Å². The first-order chi connectivity index (χ1) is 13.2. The van der Waals surface area contributed by atoms with E-state index in [0.717, 1.165) is 46.3 Å². The summed E-state index contributed by atoms with van der Waals surface area (Å²) >= 11 is 7.72. The normalized spacial score (nSPS) is 19.2. The summed E-state index contributed by atoms with van der Waals surface area (Å²) in [6.07, 6.45) is 5.37. The summed E-state index contributed by atoms with van der Waals surface area (Å²) < 4.78 is 11.2. The molecule has 3 heterocycles. The zero-order valence-electron chi connectivity index (χ0n) is 15.0. The van der Waals surface area contributed by atoms with Crippen LogP contribution in [0, 0.1) is 5.92 Å². The Morgan fingerprint density at radius 3 is 2.67 bits per heavy atom. The average Bonchev–Trinajstić information content (AvgIpc) is 3.38. The molecule has 1 aromatic heterocycles. The predicted molar refractivity (Wildman–Crippen MR) is 109 cm³/mol. The van der Waals surface area contributed by atoms with Crippen molar-refractivity contribution in [3.05, 3.63) is 52.4 Å². The first kappa shape index (κ1) is 18.7. The molecule has 0 radical (unpaired) electrons. The minimum absolute atomic E-state index is 0.0689. The fraction of sp³-hybridized carbons (Fsp3) is 0.381. The van der Waals surface area contributed by atoms with E-state index in [4.69, 9.17) is 21.1 Å².